The SMILES string of the molecule is O=c1c(I)cncn1CCC1CCNCC1. The van der Waals surface area contributed by atoms with Gasteiger partial charge < -0.3 is 5.32 Å². The van der Waals surface area contributed by atoms with E-state index in [4.69, 9.17) is 0 Å². The fraction of sp³-hybridized carbons (Fsp3) is 0.636. The Morgan fingerprint density at radius 2 is 2.25 bits per heavy atom. The van der Waals surface area contributed by atoms with Crippen LogP contribution in [0.3, 0.4) is 0 Å². The summed E-state index contributed by atoms with van der Waals surface area (Å²) in [6.07, 6.45) is 6.80. The lowest BCUT2D eigenvalue weighted by atomic mass is 9.95. The van der Waals surface area contributed by atoms with Gasteiger partial charge in [0.1, 0.15) is 0 Å². The summed E-state index contributed by atoms with van der Waals surface area (Å²) in [5, 5.41) is 3.35. The number of aromatic nitrogens is 2. The molecule has 1 N–H and O–H groups in total. The number of halogens is 1. The average molecular weight is 333 g/mol. The van der Waals surface area contributed by atoms with Crippen LogP contribution in [0, 0.1) is 9.49 Å². The minimum atomic E-state index is 0.0875. The first-order chi connectivity index (χ1) is 7.77. The third-order valence-electron chi connectivity index (χ3n) is 3.10. The summed E-state index contributed by atoms with van der Waals surface area (Å²) in [5.74, 6) is 0.756. The summed E-state index contributed by atoms with van der Waals surface area (Å²) in [4.78, 5) is 15.8. The summed E-state index contributed by atoms with van der Waals surface area (Å²) in [5.41, 5.74) is 0.0875. The molecule has 1 fully saturated rings. The van der Waals surface area contributed by atoms with Gasteiger partial charge in [0.25, 0.3) is 5.56 Å². The van der Waals surface area contributed by atoms with E-state index in [2.05, 4.69) is 10.3 Å². The number of hydrogen-bond acceptors (Lipinski definition) is 3. The zero-order valence-corrected chi connectivity index (χ0v) is 11.3. The van der Waals surface area contributed by atoms with Crippen molar-refractivity contribution in [3.05, 3.63) is 26.4 Å². The smallest absolute Gasteiger partial charge is 0.266 e. The Morgan fingerprint density at radius 1 is 1.50 bits per heavy atom. The van der Waals surface area contributed by atoms with Gasteiger partial charge in [-0.05, 0) is 60.9 Å². The van der Waals surface area contributed by atoms with Crippen molar-refractivity contribution in [2.75, 3.05) is 13.1 Å². The zero-order valence-electron chi connectivity index (χ0n) is 9.16. The maximum absolute atomic E-state index is 11.7. The van der Waals surface area contributed by atoms with E-state index < -0.39 is 0 Å². The fourth-order valence-corrected chi connectivity index (χ4v) is 2.55. The molecule has 0 aliphatic carbocycles. The summed E-state index contributed by atoms with van der Waals surface area (Å²) in [7, 11) is 0. The first kappa shape index (κ1) is 12.0. The predicted octanol–water partition coefficient (Wildman–Crippen LogP) is 1.24. The number of nitrogens with one attached hydrogen (secondary N) is 1. The first-order valence-corrected chi connectivity index (χ1v) is 6.76. The molecule has 0 amide bonds. The molecule has 1 saturated heterocycles. The largest absolute Gasteiger partial charge is 0.317 e. The van der Waals surface area contributed by atoms with Crippen LogP contribution in [0.1, 0.15) is 19.3 Å². The zero-order chi connectivity index (χ0) is 11.4. The van der Waals surface area contributed by atoms with E-state index in [-0.39, 0.29) is 5.56 Å². The predicted molar refractivity (Wildman–Crippen MR) is 71.4 cm³/mol. The minimum Gasteiger partial charge on any atom is -0.317 e. The van der Waals surface area contributed by atoms with Crippen molar-refractivity contribution >= 4 is 22.6 Å². The van der Waals surface area contributed by atoms with E-state index >= 15 is 0 Å². The van der Waals surface area contributed by atoms with Gasteiger partial charge >= 0.3 is 0 Å². The molecule has 0 saturated carbocycles. The normalized spacial score (nSPS) is 17.6. The average Bonchev–Trinajstić information content (AvgIpc) is 2.32. The van der Waals surface area contributed by atoms with Crippen LogP contribution in [0.5, 0.6) is 0 Å². The second kappa shape index (κ2) is 5.77. The van der Waals surface area contributed by atoms with Crippen LogP contribution in [0.15, 0.2) is 17.3 Å². The van der Waals surface area contributed by atoms with Crippen molar-refractivity contribution in [3.63, 3.8) is 0 Å². The number of nitrogens with zero attached hydrogens (tertiary/aromatic N) is 2. The van der Waals surface area contributed by atoms with Crippen LogP contribution in [0.4, 0.5) is 0 Å². The van der Waals surface area contributed by atoms with E-state index in [1.165, 1.54) is 12.8 Å². The maximum atomic E-state index is 11.7. The highest BCUT2D eigenvalue weighted by molar-refractivity contribution is 14.1. The van der Waals surface area contributed by atoms with Crippen LogP contribution >= 0.6 is 22.6 Å². The van der Waals surface area contributed by atoms with E-state index in [9.17, 15) is 4.79 Å². The summed E-state index contributed by atoms with van der Waals surface area (Å²) in [6, 6.07) is 0. The molecule has 1 aromatic heterocycles. The fourth-order valence-electron chi connectivity index (χ4n) is 2.08. The Labute approximate surface area is 109 Å². The van der Waals surface area contributed by atoms with E-state index in [0.717, 1.165) is 32.0 Å². The molecule has 2 heterocycles. The van der Waals surface area contributed by atoms with E-state index in [0.29, 0.717) is 3.57 Å². The van der Waals surface area contributed by atoms with E-state index in [1.807, 2.05) is 22.6 Å². The van der Waals surface area contributed by atoms with Crippen LogP contribution in [-0.4, -0.2) is 22.6 Å². The van der Waals surface area contributed by atoms with Crippen LogP contribution in [-0.2, 0) is 6.54 Å². The summed E-state index contributed by atoms with van der Waals surface area (Å²) >= 11 is 2.04. The number of aryl methyl sites for hydroxylation is 1. The quantitative estimate of drug-likeness (QED) is 0.847. The molecule has 1 aromatic rings. The number of piperidine rings is 1. The summed E-state index contributed by atoms with van der Waals surface area (Å²) < 4.78 is 2.43. The monoisotopic (exact) mass is 333 g/mol. The lowest BCUT2D eigenvalue weighted by molar-refractivity contribution is 0.335. The van der Waals surface area contributed by atoms with Crippen molar-refractivity contribution in [1.29, 1.82) is 0 Å². The molecule has 0 radical (unpaired) electrons. The Kier molecular flexibility index (Phi) is 4.34. The van der Waals surface area contributed by atoms with Crippen LogP contribution < -0.4 is 10.9 Å². The van der Waals surface area contributed by atoms with Crippen molar-refractivity contribution in [3.8, 4) is 0 Å². The number of rotatable bonds is 3. The third kappa shape index (κ3) is 3.04. The highest BCUT2D eigenvalue weighted by atomic mass is 127. The minimum absolute atomic E-state index is 0.0875. The molecular formula is C11H16IN3O. The number of hydrogen-bond donors (Lipinski definition) is 1. The molecule has 5 heteroatoms. The lowest BCUT2D eigenvalue weighted by Crippen LogP contribution is -2.29. The van der Waals surface area contributed by atoms with Crippen molar-refractivity contribution in [1.82, 2.24) is 14.9 Å². The van der Waals surface area contributed by atoms with Gasteiger partial charge in [-0.25, -0.2) is 4.98 Å². The topological polar surface area (TPSA) is 46.9 Å². The third-order valence-corrected chi connectivity index (χ3v) is 3.84. The van der Waals surface area contributed by atoms with Crippen molar-refractivity contribution < 1.29 is 0 Å². The molecule has 2 rings (SSSR count). The van der Waals surface area contributed by atoms with E-state index in [1.54, 1.807) is 17.1 Å². The van der Waals surface area contributed by atoms with Gasteiger partial charge in [0.15, 0.2) is 0 Å². The van der Waals surface area contributed by atoms with Gasteiger partial charge in [0, 0.05) is 12.7 Å². The lowest BCUT2D eigenvalue weighted by Gasteiger charge is -2.22. The van der Waals surface area contributed by atoms with Gasteiger partial charge in [-0.2, -0.15) is 0 Å². The second-order valence-electron chi connectivity index (χ2n) is 4.22. The second-order valence-corrected chi connectivity index (χ2v) is 5.38. The molecular weight excluding hydrogens is 317 g/mol. The molecule has 0 atom stereocenters. The molecule has 1 aliphatic heterocycles. The maximum Gasteiger partial charge on any atom is 0.266 e. The van der Waals surface area contributed by atoms with Crippen molar-refractivity contribution in [2.24, 2.45) is 5.92 Å². The Bertz CT molecular complexity index is 398. The Morgan fingerprint density at radius 3 is 3.00 bits per heavy atom. The summed E-state index contributed by atoms with van der Waals surface area (Å²) in [6.45, 7) is 3.03. The highest BCUT2D eigenvalue weighted by Gasteiger charge is 2.13. The van der Waals surface area contributed by atoms with Crippen molar-refractivity contribution in [2.45, 2.75) is 25.8 Å². The van der Waals surface area contributed by atoms with Gasteiger partial charge in [-0.15, -0.1) is 0 Å². The van der Waals surface area contributed by atoms with Gasteiger partial charge in [-0.1, -0.05) is 0 Å². The highest BCUT2D eigenvalue weighted by Crippen LogP contribution is 2.16. The Hall–Kier alpha value is -0.430. The molecule has 16 heavy (non-hydrogen) atoms. The molecule has 0 bridgehead atoms. The van der Waals surface area contributed by atoms with Crippen LogP contribution in [0.25, 0.3) is 0 Å². The molecule has 0 spiro atoms. The molecule has 0 unspecified atom stereocenters. The first-order valence-electron chi connectivity index (χ1n) is 5.68. The standard InChI is InChI=1S/C11H16IN3O/c12-10-7-14-8-15(11(10)16)6-3-9-1-4-13-5-2-9/h7-9,13H,1-6H2. The van der Waals surface area contributed by atoms with Crippen LogP contribution in [0.2, 0.25) is 0 Å². The van der Waals surface area contributed by atoms with Gasteiger partial charge in [0.2, 0.25) is 0 Å². The van der Waals surface area contributed by atoms with Gasteiger partial charge in [0.05, 0.1) is 9.90 Å². The van der Waals surface area contributed by atoms with Gasteiger partial charge in [-0.3, -0.25) is 9.36 Å². The molecule has 0 aromatic carbocycles. The molecule has 1 aliphatic rings. The molecule has 88 valence electrons. The Balaban J connectivity index is 1.94. The molecule has 4 nitrogen and oxygen atoms in total.